The molecule has 2 aromatic rings. The molecule has 0 bridgehead atoms. The second-order valence-corrected chi connectivity index (χ2v) is 5.42. The second kappa shape index (κ2) is 5.16. The molecule has 7 nitrogen and oxygen atoms in total. The van der Waals surface area contributed by atoms with E-state index in [4.69, 9.17) is 0 Å². The molecule has 0 amide bonds. The minimum absolute atomic E-state index is 0.179. The van der Waals surface area contributed by atoms with Gasteiger partial charge in [0.05, 0.1) is 17.9 Å². The molecule has 3 rings (SSSR count). The molecule has 1 fully saturated rings. The Labute approximate surface area is 122 Å². The maximum atomic E-state index is 11.3. The van der Waals surface area contributed by atoms with Gasteiger partial charge in [0, 0.05) is 37.6 Å². The van der Waals surface area contributed by atoms with Crippen LogP contribution in [0.25, 0.3) is 0 Å². The third-order valence-corrected chi connectivity index (χ3v) is 3.71. The molecule has 0 unspecified atom stereocenters. The number of H-pyrrole nitrogens is 1. The molecule has 1 aliphatic rings. The topological polar surface area (TPSA) is 78.0 Å². The van der Waals surface area contributed by atoms with E-state index in [-0.39, 0.29) is 5.56 Å². The number of aromatic amines is 1. The van der Waals surface area contributed by atoms with E-state index in [1.54, 1.807) is 12.3 Å². The summed E-state index contributed by atoms with van der Waals surface area (Å²) in [5, 5.41) is 6.21. The molecule has 21 heavy (non-hydrogen) atoms. The van der Waals surface area contributed by atoms with Gasteiger partial charge in [0.1, 0.15) is 0 Å². The van der Waals surface area contributed by atoms with E-state index in [0.717, 1.165) is 36.1 Å². The zero-order valence-electron chi connectivity index (χ0n) is 12.4. The van der Waals surface area contributed by atoms with Crippen molar-refractivity contribution in [3.05, 3.63) is 40.1 Å². The van der Waals surface area contributed by atoms with Crippen molar-refractivity contribution in [3.8, 4) is 0 Å². The largest absolute Gasteiger partial charge is 0.366 e. The van der Waals surface area contributed by atoms with Gasteiger partial charge in [-0.1, -0.05) is 0 Å². The van der Waals surface area contributed by atoms with Gasteiger partial charge in [-0.25, -0.2) is 15.1 Å². The fraction of sp³-hybridized carbons (Fsp3) is 0.429. The Balaban J connectivity index is 1.69. The van der Waals surface area contributed by atoms with Crippen LogP contribution in [0.5, 0.6) is 0 Å². The molecule has 1 saturated heterocycles. The zero-order valence-corrected chi connectivity index (χ0v) is 12.4. The fourth-order valence-corrected chi connectivity index (χ4v) is 2.48. The molecule has 3 heterocycles. The molecular weight excluding hydrogens is 268 g/mol. The minimum Gasteiger partial charge on any atom is -0.366 e. The van der Waals surface area contributed by atoms with Gasteiger partial charge in [0.25, 0.3) is 5.56 Å². The number of aromatic nitrogens is 4. The zero-order chi connectivity index (χ0) is 15.0. The standard InChI is InChI=1S/C14H18N6O/c1-9-4-10(2)17-14(16-9)19(3)12-7-20(8-12)11-5-13(21)18-15-6-11/h4-6,12H,7-8H2,1-3H3,(H,18,21). The van der Waals surface area contributed by atoms with E-state index in [9.17, 15) is 4.79 Å². The number of anilines is 2. The molecule has 7 heteroatoms. The van der Waals surface area contributed by atoms with Gasteiger partial charge >= 0.3 is 0 Å². The van der Waals surface area contributed by atoms with Gasteiger partial charge in [-0.3, -0.25) is 4.79 Å². The molecule has 0 saturated carbocycles. The summed E-state index contributed by atoms with van der Waals surface area (Å²) in [5.74, 6) is 0.751. The van der Waals surface area contributed by atoms with Gasteiger partial charge < -0.3 is 9.80 Å². The molecule has 0 aliphatic carbocycles. The Hall–Kier alpha value is -2.44. The van der Waals surface area contributed by atoms with Crippen LogP contribution in [-0.2, 0) is 0 Å². The Kier molecular flexibility index (Phi) is 3.32. The van der Waals surface area contributed by atoms with Crippen LogP contribution in [0.1, 0.15) is 11.4 Å². The molecule has 1 aliphatic heterocycles. The summed E-state index contributed by atoms with van der Waals surface area (Å²) in [6, 6.07) is 3.87. The number of likely N-dealkylation sites (N-methyl/N-ethyl adjacent to an activating group) is 1. The third-order valence-electron chi connectivity index (χ3n) is 3.71. The first-order valence-electron chi connectivity index (χ1n) is 6.88. The van der Waals surface area contributed by atoms with Crippen LogP contribution in [0.15, 0.2) is 23.1 Å². The van der Waals surface area contributed by atoms with Crippen molar-refractivity contribution in [3.63, 3.8) is 0 Å². The first-order valence-corrected chi connectivity index (χ1v) is 6.88. The smallest absolute Gasteiger partial charge is 0.266 e. The Bertz CT molecular complexity index is 686. The van der Waals surface area contributed by atoms with Crippen LogP contribution in [0.3, 0.4) is 0 Å². The van der Waals surface area contributed by atoms with Gasteiger partial charge in [-0.05, 0) is 19.9 Å². The summed E-state index contributed by atoms with van der Waals surface area (Å²) in [4.78, 5) is 24.4. The summed E-state index contributed by atoms with van der Waals surface area (Å²) in [7, 11) is 2.01. The molecular formula is C14H18N6O. The Morgan fingerprint density at radius 1 is 1.24 bits per heavy atom. The number of rotatable bonds is 3. The van der Waals surface area contributed by atoms with E-state index in [2.05, 4.69) is 30.0 Å². The van der Waals surface area contributed by atoms with E-state index in [1.807, 2.05) is 27.0 Å². The second-order valence-electron chi connectivity index (χ2n) is 5.42. The quantitative estimate of drug-likeness (QED) is 0.885. The molecule has 110 valence electrons. The van der Waals surface area contributed by atoms with Gasteiger partial charge in [0.2, 0.25) is 5.95 Å². The highest BCUT2D eigenvalue weighted by molar-refractivity contribution is 5.49. The van der Waals surface area contributed by atoms with E-state index in [0.29, 0.717) is 6.04 Å². The van der Waals surface area contributed by atoms with Crippen LogP contribution in [0.2, 0.25) is 0 Å². The Morgan fingerprint density at radius 3 is 2.52 bits per heavy atom. The third kappa shape index (κ3) is 2.72. The summed E-state index contributed by atoms with van der Waals surface area (Å²) in [6.45, 7) is 5.61. The van der Waals surface area contributed by atoms with Crippen LogP contribution < -0.4 is 15.4 Å². The lowest BCUT2D eigenvalue weighted by atomic mass is 10.1. The van der Waals surface area contributed by atoms with Crippen LogP contribution in [0.4, 0.5) is 11.6 Å². The van der Waals surface area contributed by atoms with Crippen molar-refractivity contribution in [2.75, 3.05) is 29.9 Å². The Morgan fingerprint density at radius 2 is 1.90 bits per heavy atom. The lowest BCUT2D eigenvalue weighted by Crippen LogP contribution is -2.59. The van der Waals surface area contributed by atoms with Crippen LogP contribution in [-0.4, -0.2) is 46.3 Å². The highest BCUT2D eigenvalue weighted by atomic mass is 16.1. The molecule has 0 aromatic carbocycles. The summed E-state index contributed by atoms with van der Waals surface area (Å²) in [5.41, 5.74) is 2.62. The van der Waals surface area contributed by atoms with Crippen molar-refractivity contribution in [1.82, 2.24) is 20.2 Å². The van der Waals surface area contributed by atoms with Crippen LogP contribution >= 0.6 is 0 Å². The SMILES string of the molecule is Cc1cc(C)nc(N(C)C2CN(c3cn[nH]c(=O)c3)C2)n1. The lowest BCUT2D eigenvalue weighted by molar-refractivity contribution is 0.489. The number of hydrogen-bond acceptors (Lipinski definition) is 6. The highest BCUT2D eigenvalue weighted by Crippen LogP contribution is 2.23. The monoisotopic (exact) mass is 286 g/mol. The fourth-order valence-electron chi connectivity index (χ4n) is 2.48. The molecule has 2 aromatic heterocycles. The molecule has 0 atom stereocenters. The predicted molar refractivity (Wildman–Crippen MR) is 80.8 cm³/mol. The first-order chi connectivity index (χ1) is 10.0. The van der Waals surface area contributed by atoms with E-state index < -0.39 is 0 Å². The number of hydrogen-bond donors (Lipinski definition) is 1. The maximum Gasteiger partial charge on any atom is 0.266 e. The molecule has 0 spiro atoms. The first kappa shape index (κ1) is 13.5. The summed E-state index contributed by atoms with van der Waals surface area (Å²) in [6.07, 6.45) is 1.67. The predicted octanol–water partition coefficient (Wildman–Crippen LogP) is 0.502. The normalized spacial score (nSPS) is 14.9. The lowest BCUT2D eigenvalue weighted by Gasteiger charge is -2.45. The molecule has 1 N–H and O–H groups in total. The minimum atomic E-state index is -0.179. The highest BCUT2D eigenvalue weighted by Gasteiger charge is 2.31. The van der Waals surface area contributed by atoms with Crippen molar-refractivity contribution in [2.45, 2.75) is 19.9 Å². The summed E-state index contributed by atoms with van der Waals surface area (Å²) < 4.78 is 0. The summed E-state index contributed by atoms with van der Waals surface area (Å²) >= 11 is 0. The maximum absolute atomic E-state index is 11.3. The number of aryl methyl sites for hydroxylation is 2. The van der Waals surface area contributed by atoms with Gasteiger partial charge in [-0.2, -0.15) is 5.10 Å². The van der Waals surface area contributed by atoms with Crippen molar-refractivity contribution in [2.24, 2.45) is 0 Å². The van der Waals surface area contributed by atoms with Crippen molar-refractivity contribution >= 4 is 11.6 Å². The van der Waals surface area contributed by atoms with E-state index in [1.165, 1.54) is 0 Å². The van der Waals surface area contributed by atoms with Gasteiger partial charge in [-0.15, -0.1) is 0 Å². The average molecular weight is 286 g/mol. The number of nitrogens with zero attached hydrogens (tertiary/aromatic N) is 5. The average Bonchev–Trinajstić information content (AvgIpc) is 2.35. The number of nitrogens with one attached hydrogen (secondary N) is 1. The van der Waals surface area contributed by atoms with Gasteiger partial charge in [0.15, 0.2) is 0 Å². The molecule has 0 radical (unpaired) electrons. The van der Waals surface area contributed by atoms with Crippen LogP contribution in [0, 0.1) is 13.8 Å². The van der Waals surface area contributed by atoms with Crippen molar-refractivity contribution in [1.29, 1.82) is 0 Å². The van der Waals surface area contributed by atoms with E-state index >= 15 is 0 Å². The van der Waals surface area contributed by atoms with Crippen molar-refractivity contribution < 1.29 is 0 Å².